The first kappa shape index (κ1) is 10.5. The van der Waals surface area contributed by atoms with Crippen LogP contribution in [0.4, 0.5) is 5.69 Å². The Labute approximate surface area is 97.7 Å². The van der Waals surface area contributed by atoms with Crippen LogP contribution in [0.1, 0.15) is 12.8 Å². The summed E-state index contributed by atoms with van der Waals surface area (Å²) in [6.45, 7) is 0.938. The quantitative estimate of drug-likeness (QED) is 0.895. The van der Waals surface area contributed by atoms with Crippen LogP contribution in [-0.2, 0) is 0 Å². The van der Waals surface area contributed by atoms with Crippen LogP contribution in [-0.4, -0.2) is 19.5 Å². The molecule has 1 heterocycles. The molecule has 0 spiro atoms. The van der Waals surface area contributed by atoms with Gasteiger partial charge < -0.3 is 10.1 Å². The van der Waals surface area contributed by atoms with Crippen LogP contribution in [0.5, 0.6) is 5.75 Å². The largest absolute Gasteiger partial charge is 0.497 e. The van der Waals surface area contributed by atoms with E-state index in [0.717, 1.165) is 41.1 Å². The molecule has 4 heteroatoms. The van der Waals surface area contributed by atoms with E-state index < -0.39 is 0 Å². The Kier molecular flexibility index (Phi) is 3.26. The Bertz CT molecular complexity index is 390. The van der Waals surface area contributed by atoms with Crippen molar-refractivity contribution < 1.29 is 4.74 Å². The maximum atomic E-state index is 5.19. The summed E-state index contributed by atoms with van der Waals surface area (Å²) < 4.78 is 6.19. The van der Waals surface area contributed by atoms with E-state index in [1.807, 2.05) is 18.2 Å². The van der Waals surface area contributed by atoms with Gasteiger partial charge in [-0.05, 0) is 18.6 Å². The molecule has 0 aromatic heterocycles. The van der Waals surface area contributed by atoms with E-state index in [4.69, 9.17) is 4.74 Å². The highest BCUT2D eigenvalue weighted by Gasteiger charge is 2.07. The minimum atomic E-state index is 0.838. The zero-order valence-electron chi connectivity index (χ0n) is 8.59. The Balaban J connectivity index is 2.16. The number of hydrogen-bond acceptors (Lipinski definition) is 3. The number of benzene rings is 1. The summed E-state index contributed by atoms with van der Waals surface area (Å²) in [5, 5.41) is 3.30. The minimum absolute atomic E-state index is 0.838. The molecule has 1 aliphatic heterocycles. The smallest absolute Gasteiger partial charge is 0.122 e. The van der Waals surface area contributed by atoms with Crippen LogP contribution in [0.25, 0.3) is 0 Å². The predicted octanol–water partition coefficient (Wildman–Crippen LogP) is 3.06. The number of halogens is 1. The Morgan fingerprint density at radius 2 is 2.27 bits per heavy atom. The van der Waals surface area contributed by atoms with Gasteiger partial charge in [-0.15, -0.1) is 0 Å². The lowest BCUT2D eigenvalue weighted by molar-refractivity contribution is 0.415. The second kappa shape index (κ2) is 4.66. The third-order valence-corrected chi connectivity index (χ3v) is 2.73. The van der Waals surface area contributed by atoms with Gasteiger partial charge in [-0.1, -0.05) is 15.9 Å². The summed E-state index contributed by atoms with van der Waals surface area (Å²) in [4.78, 5) is 4.37. The van der Waals surface area contributed by atoms with Crippen LogP contribution in [0.3, 0.4) is 0 Å². The molecule has 3 nitrogen and oxygen atoms in total. The lowest BCUT2D eigenvalue weighted by atomic mass is 10.3. The molecule has 0 amide bonds. The minimum Gasteiger partial charge on any atom is -0.497 e. The van der Waals surface area contributed by atoms with Crippen LogP contribution in [0, 0.1) is 0 Å². The van der Waals surface area contributed by atoms with Gasteiger partial charge in [0.2, 0.25) is 0 Å². The average Bonchev–Trinajstić information content (AvgIpc) is 2.69. The molecule has 0 fully saturated rings. The SMILES string of the molecule is COc1cc(Br)cc(NC2=NCCC2)c1. The number of nitrogens with zero attached hydrogens (tertiary/aromatic N) is 1. The lowest BCUT2D eigenvalue weighted by Gasteiger charge is -2.08. The van der Waals surface area contributed by atoms with Gasteiger partial charge in [0.1, 0.15) is 11.6 Å². The van der Waals surface area contributed by atoms with E-state index >= 15 is 0 Å². The highest BCUT2D eigenvalue weighted by Crippen LogP contribution is 2.25. The molecule has 0 radical (unpaired) electrons. The number of rotatable bonds is 2. The van der Waals surface area contributed by atoms with E-state index in [1.54, 1.807) is 7.11 Å². The summed E-state index contributed by atoms with van der Waals surface area (Å²) in [5.74, 6) is 1.90. The molecule has 15 heavy (non-hydrogen) atoms. The molecule has 0 saturated carbocycles. The molecule has 0 unspecified atom stereocenters. The van der Waals surface area contributed by atoms with E-state index in [0.29, 0.717) is 0 Å². The fourth-order valence-electron chi connectivity index (χ4n) is 1.56. The zero-order valence-corrected chi connectivity index (χ0v) is 10.2. The molecule has 80 valence electrons. The molecule has 2 rings (SSSR count). The molecule has 0 bridgehead atoms. The van der Waals surface area contributed by atoms with Crippen molar-refractivity contribution in [3.8, 4) is 5.75 Å². The van der Waals surface area contributed by atoms with E-state index in [1.165, 1.54) is 0 Å². The van der Waals surface area contributed by atoms with Crippen LogP contribution >= 0.6 is 15.9 Å². The number of aliphatic imine (C=N–C) groups is 1. The number of anilines is 1. The number of ether oxygens (including phenoxy) is 1. The average molecular weight is 269 g/mol. The van der Waals surface area contributed by atoms with E-state index in [-0.39, 0.29) is 0 Å². The number of amidine groups is 1. The highest BCUT2D eigenvalue weighted by atomic mass is 79.9. The Hall–Kier alpha value is -1.03. The molecular formula is C11H13BrN2O. The van der Waals surface area contributed by atoms with E-state index in [2.05, 4.69) is 26.2 Å². The maximum Gasteiger partial charge on any atom is 0.122 e. The first-order chi connectivity index (χ1) is 7.28. The van der Waals surface area contributed by atoms with Gasteiger partial charge in [-0.2, -0.15) is 0 Å². The summed E-state index contributed by atoms with van der Waals surface area (Å²) in [6.07, 6.45) is 2.18. The van der Waals surface area contributed by atoms with Crippen molar-refractivity contribution in [2.45, 2.75) is 12.8 Å². The van der Waals surface area contributed by atoms with Crippen molar-refractivity contribution in [3.63, 3.8) is 0 Å². The van der Waals surface area contributed by atoms with Crippen LogP contribution in [0.15, 0.2) is 27.7 Å². The fraction of sp³-hybridized carbons (Fsp3) is 0.364. The van der Waals surface area contributed by atoms with E-state index in [9.17, 15) is 0 Å². The predicted molar refractivity (Wildman–Crippen MR) is 65.9 cm³/mol. The van der Waals surface area contributed by atoms with Gasteiger partial charge in [0.15, 0.2) is 0 Å². The van der Waals surface area contributed by atoms with Crippen molar-refractivity contribution in [3.05, 3.63) is 22.7 Å². The lowest BCUT2D eigenvalue weighted by Crippen LogP contribution is -2.08. The van der Waals surface area contributed by atoms with Crippen LogP contribution in [0.2, 0.25) is 0 Å². The van der Waals surface area contributed by atoms with Gasteiger partial charge in [-0.25, -0.2) is 0 Å². The second-order valence-corrected chi connectivity index (χ2v) is 4.35. The Morgan fingerprint density at radius 3 is 2.93 bits per heavy atom. The second-order valence-electron chi connectivity index (χ2n) is 3.44. The molecule has 1 aromatic carbocycles. The molecule has 0 saturated heterocycles. The molecule has 0 atom stereocenters. The summed E-state index contributed by atoms with van der Waals surface area (Å²) in [7, 11) is 1.67. The molecular weight excluding hydrogens is 256 g/mol. The maximum absolute atomic E-state index is 5.19. The van der Waals surface area contributed by atoms with Crippen molar-refractivity contribution in [1.82, 2.24) is 0 Å². The van der Waals surface area contributed by atoms with Crippen LogP contribution < -0.4 is 10.1 Å². The fourth-order valence-corrected chi connectivity index (χ4v) is 2.03. The Morgan fingerprint density at radius 1 is 1.40 bits per heavy atom. The first-order valence-corrected chi connectivity index (χ1v) is 5.72. The van der Waals surface area contributed by atoms with Crippen molar-refractivity contribution >= 4 is 27.5 Å². The third-order valence-electron chi connectivity index (χ3n) is 2.27. The zero-order chi connectivity index (χ0) is 10.7. The van der Waals surface area contributed by atoms with Crippen molar-refractivity contribution in [2.24, 2.45) is 4.99 Å². The van der Waals surface area contributed by atoms with Gasteiger partial charge in [0, 0.05) is 29.2 Å². The summed E-state index contributed by atoms with van der Waals surface area (Å²) in [6, 6.07) is 5.91. The standard InChI is InChI=1S/C11H13BrN2O/c1-15-10-6-8(12)5-9(7-10)14-11-3-2-4-13-11/h5-7H,2-4H2,1H3,(H,13,14). The van der Waals surface area contributed by atoms with Gasteiger partial charge in [0.05, 0.1) is 7.11 Å². The normalized spacial score (nSPS) is 14.9. The van der Waals surface area contributed by atoms with Crippen molar-refractivity contribution in [2.75, 3.05) is 19.0 Å². The third kappa shape index (κ3) is 2.72. The van der Waals surface area contributed by atoms with Gasteiger partial charge in [-0.3, -0.25) is 4.99 Å². The number of methoxy groups -OCH3 is 1. The topological polar surface area (TPSA) is 33.6 Å². The number of nitrogens with one attached hydrogen (secondary N) is 1. The highest BCUT2D eigenvalue weighted by molar-refractivity contribution is 9.10. The van der Waals surface area contributed by atoms with Crippen molar-refractivity contribution in [1.29, 1.82) is 0 Å². The molecule has 1 aliphatic rings. The summed E-state index contributed by atoms with van der Waals surface area (Å²) in [5.41, 5.74) is 1.02. The molecule has 1 N–H and O–H groups in total. The first-order valence-electron chi connectivity index (χ1n) is 4.93. The number of hydrogen-bond donors (Lipinski definition) is 1. The van der Waals surface area contributed by atoms with Gasteiger partial charge >= 0.3 is 0 Å². The monoisotopic (exact) mass is 268 g/mol. The van der Waals surface area contributed by atoms with Gasteiger partial charge in [0.25, 0.3) is 0 Å². The molecule has 1 aromatic rings. The molecule has 0 aliphatic carbocycles. The summed E-state index contributed by atoms with van der Waals surface area (Å²) >= 11 is 3.44.